The van der Waals surface area contributed by atoms with Gasteiger partial charge in [-0.05, 0) is 55.4 Å². The first kappa shape index (κ1) is 21.0. The van der Waals surface area contributed by atoms with Crippen LogP contribution in [0.3, 0.4) is 0 Å². The van der Waals surface area contributed by atoms with E-state index < -0.39 is 6.10 Å². The van der Waals surface area contributed by atoms with Crippen molar-refractivity contribution in [2.45, 2.75) is 25.6 Å². The summed E-state index contributed by atoms with van der Waals surface area (Å²) in [6.45, 7) is 2.62. The van der Waals surface area contributed by atoms with Gasteiger partial charge in [0.1, 0.15) is 11.3 Å². The zero-order valence-corrected chi connectivity index (χ0v) is 17.3. The highest BCUT2D eigenvalue weighted by atomic mass is 16.3. The molecule has 4 rings (SSSR count). The van der Waals surface area contributed by atoms with Crippen molar-refractivity contribution in [3.63, 3.8) is 0 Å². The summed E-state index contributed by atoms with van der Waals surface area (Å²) in [5, 5.41) is 36.2. The van der Waals surface area contributed by atoms with Gasteiger partial charge < -0.3 is 25.8 Å². The van der Waals surface area contributed by atoms with Crippen LogP contribution in [0.2, 0.25) is 0 Å². The molecule has 162 valence electrons. The Morgan fingerprint density at radius 1 is 1.19 bits per heavy atom. The first-order chi connectivity index (χ1) is 15.1. The van der Waals surface area contributed by atoms with E-state index in [1.807, 2.05) is 29.9 Å². The Morgan fingerprint density at radius 2 is 2.06 bits per heavy atom. The van der Waals surface area contributed by atoms with Crippen LogP contribution in [0.25, 0.3) is 21.9 Å². The Morgan fingerprint density at radius 3 is 2.90 bits per heavy atom. The average molecular weight is 422 g/mol. The molecule has 2 aromatic heterocycles. The van der Waals surface area contributed by atoms with E-state index in [-0.39, 0.29) is 11.3 Å². The maximum Gasteiger partial charge on any atom is 0.248 e. The van der Waals surface area contributed by atoms with Crippen LogP contribution < -0.4 is 16.2 Å². The summed E-state index contributed by atoms with van der Waals surface area (Å²) in [7, 11) is 1.93. The van der Waals surface area contributed by atoms with Crippen molar-refractivity contribution < 1.29 is 10.2 Å². The summed E-state index contributed by atoms with van der Waals surface area (Å²) in [5.74, 6) is -0.0242. The lowest BCUT2D eigenvalue weighted by Gasteiger charge is -2.15. The van der Waals surface area contributed by atoms with Crippen molar-refractivity contribution in [1.82, 2.24) is 30.6 Å². The van der Waals surface area contributed by atoms with E-state index in [0.29, 0.717) is 29.6 Å². The number of hydrogen-bond acceptors (Lipinski definition) is 7. The molecule has 0 radical (unpaired) electrons. The number of phenolic OH excluding ortho intramolecular Hbond substituents is 1. The molecular weight excluding hydrogens is 396 g/mol. The van der Waals surface area contributed by atoms with Crippen molar-refractivity contribution in [1.29, 1.82) is 0 Å². The predicted molar refractivity (Wildman–Crippen MR) is 119 cm³/mol. The number of aromatic amines is 1. The van der Waals surface area contributed by atoms with Crippen molar-refractivity contribution in [3.8, 4) is 5.75 Å². The number of phenols is 1. The lowest BCUT2D eigenvalue weighted by atomic mass is 10.0. The highest BCUT2D eigenvalue weighted by Gasteiger charge is 2.14. The number of aromatic hydroxyl groups is 1. The molecule has 0 spiro atoms. The monoisotopic (exact) mass is 422 g/mol. The second kappa shape index (κ2) is 9.25. The average Bonchev–Trinajstić information content (AvgIpc) is 3.17. The topological polar surface area (TPSA) is 128 Å². The SMILES string of the molecule is CNCCCn1nnc2cc(CNC[C@H](O)c3ccc(O)c4[nH]c(=O)ccc34)ccc21. The van der Waals surface area contributed by atoms with Crippen molar-refractivity contribution in [2.75, 3.05) is 20.1 Å². The molecule has 2 aromatic carbocycles. The number of H-pyrrole nitrogens is 1. The maximum absolute atomic E-state index is 11.6. The van der Waals surface area contributed by atoms with Gasteiger partial charge in [0, 0.05) is 31.1 Å². The Bertz CT molecular complexity index is 1250. The van der Waals surface area contributed by atoms with E-state index in [9.17, 15) is 15.0 Å². The second-order valence-electron chi connectivity index (χ2n) is 7.52. The normalized spacial score (nSPS) is 12.6. The number of aliphatic hydroxyl groups is 1. The predicted octanol–water partition coefficient (Wildman–Crippen LogP) is 1.41. The van der Waals surface area contributed by atoms with Gasteiger partial charge in [0.05, 0.1) is 17.1 Å². The minimum atomic E-state index is -0.800. The summed E-state index contributed by atoms with van der Waals surface area (Å²) in [6, 6.07) is 12.2. The number of nitrogens with one attached hydrogen (secondary N) is 3. The number of fused-ring (bicyclic) bond motifs is 2. The molecule has 0 aliphatic heterocycles. The Labute approximate surface area is 178 Å². The first-order valence-electron chi connectivity index (χ1n) is 10.3. The molecule has 0 unspecified atom stereocenters. The van der Waals surface area contributed by atoms with Gasteiger partial charge in [-0.2, -0.15) is 0 Å². The quantitative estimate of drug-likeness (QED) is 0.258. The van der Waals surface area contributed by atoms with Crippen LogP contribution in [0.15, 0.2) is 47.3 Å². The summed E-state index contributed by atoms with van der Waals surface area (Å²) in [6.07, 6.45) is 0.182. The Hall–Kier alpha value is -3.27. The van der Waals surface area contributed by atoms with Crippen molar-refractivity contribution in [2.24, 2.45) is 0 Å². The number of aromatic nitrogens is 4. The number of rotatable bonds is 9. The van der Waals surface area contributed by atoms with Crippen LogP contribution in [-0.2, 0) is 13.1 Å². The van der Waals surface area contributed by atoms with Gasteiger partial charge in [-0.1, -0.05) is 17.3 Å². The fourth-order valence-corrected chi connectivity index (χ4v) is 3.71. The summed E-state index contributed by atoms with van der Waals surface area (Å²) < 4.78 is 1.91. The molecule has 5 N–H and O–H groups in total. The van der Waals surface area contributed by atoms with Gasteiger partial charge in [0.25, 0.3) is 0 Å². The number of aryl methyl sites for hydroxylation is 1. The Balaban J connectivity index is 1.41. The van der Waals surface area contributed by atoms with Crippen LogP contribution >= 0.6 is 0 Å². The number of nitrogens with zero attached hydrogens (tertiary/aromatic N) is 3. The minimum absolute atomic E-state index is 0.0242. The van der Waals surface area contributed by atoms with Crippen LogP contribution in [0.4, 0.5) is 0 Å². The minimum Gasteiger partial charge on any atom is -0.506 e. The van der Waals surface area contributed by atoms with Gasteiger partial charge in [-0.15, -0.1) is 5.10 Å². The summed E-state index contributed by atoms with van der Waals surface area (Å²) >= 11 is 0. The van der Waals surface area contributed by atoms with Crippen LogP contribution in [0, 0.1) is 0 Å². The first-order valence-corrected chi connectivity index (χ1v) is 10.3. The Kier molecular flexibility index (Phi) is 6.26. The van der Waals surface area contributed by atoms with E-state index in [4.69, 9.17) is 0 Å². The van der Waals surface area contributed by atoms with E-state index >= 15 is 0 Å². The number of hydrogen-bond donors (Lipinski definition) is 5. The molecule has 9 nitrogen and oxygen atoms in total. The van der Waals surface area contributed by atoms with E-state index in [0.717, 1.165) is 36.1 Å². The third-order valence-corrected chi connectivity index (χ3v) is 5.31. The molecule has 0 aliphatic carbocycles. The molecular formula is C22H26N6O3. The highest BCUT2D eigenvalue weighted by Crippen LogP contribution is 2.28. The number of pyridine rings is 1. The molecule has 1 atom stereocenters. The van der Waals surface area contributed by atoms with Crippen molar-refractivity contribution in [3.05, 3.63) is 63.9 Å². The standard InChI is InChI=1S/C22H26N6O3/c1-23-9-2-10-28-18-6-3-14(11-17(18)26-27-28)12-24-13-20(30)15-4-7-19(29)22-16(15)5-8-21(31)25-22/h3-8,11,20,23-24,29-30H,2,9-10,12-13H2,1H3,(H,25,31)/t20-/m0/s1. The van der Waals surface area contributed by atoms with E-state index in [2.05, 4.69) is 25.9 Å². The fourth-order valence-electron chi connectivity index (χ4n) is 3.71. The van der Waals surface area contributed by atoms with E-state index in [1.165, 1.54) is 12.1 Å². The molecule has 0 saturated heterocycles. The molecule has 0 bridgehead atoms. The third kappa shape index (κ3) is 4.58. The highest BCUT2D eigenvalue weighted by molar-refractivity contribution is 5.87. The second-order valence-corrected chi connectivity index (χ2v) is 7.52. The molecule has 4 aromatic rings. The van der Waals surface area contributed by atoms with Crippen LogP contribution in [0.5, 0.6) is 5.75 Å². The van der Waals surface area contributed by atoms with Gasteiger partial charge in [-0.3, -0.25) is 4.79 Å². The summed E-state index contributed by atoms with van der Waals surface area (Å²) in [4.78, 5) is 14.2. The van der Waals surface area contributed by atoms with Gasteiger partial charge >= 0.3 is 0 Å². The van der Waals surface area contributed by atoms with Gasteiger partial charge in [0.15, 0.2) is 0 Å². The zero-order chi connectivity index (χ0) is 21.8. The van der Waals surface area contributed by atoms with Gasteiger partial charge in [-0.25, -0.2) is 4.68 Å². The number of aliphatic hydroxyl groups excluding tert-OH is 1. The molecule has 31 heavy (non-hydrogen) atoms. The largest absolute Gasteiger partial charge is 0.506 e. The molecule has 0 aliphatic rings. The third-order valence-electron chi connectivity index (χ3n) is 5.31. The molecule has 9 heteroatoms. The maximum atomic E-state index is 11.6. The van der Waals surface area contributed by atoms with Crippen molar-refractivity contribution >= 4 is 21.9 Å². The van der Waals surface area contributed by atoms with E-state index in [1.54, 1.807) is 12.1 Å². The molecule has 0 fully saturated rings. The van der Waals surface area contributed by atoms with Crippen LogP contribution in [-0.4, -0.2) is 50.3 Å². The van der Waals surface area contributed by atoms with Crippen LogP contribution in [0.1, 0.15) is 23.7 Å². The number of benzene rings is 2. The summed E-state index contributed by atoms with van der Waals surface area (Å²) in [5.41, 5.74) is 3.55. The lowest BCUT2D eigenvalue weighted by molar-refractivity contribution is 0.176. The smallest absolute Gasteiger partial charge is 0.248 e. The van der Waals surface area contributed by atoms with Gasteiger partial charge in [0.2, 0.25) is 5.56 Å². The zero-order valence-electron chi connectivity index (χ0n) is 17.3. The molecule has 0 saturated carbocycles. The molecule has 0 amide bonds. The fraction of sp³-hybridized carbons (Fsp3) is 0.318. The lowest BCUT2D eigenvalue weighted by Crippen LogP contribution is -2.21. The molecule has 2 heterocycles.